The Balaban J connectivity index is 1.66. The first-order valence-electron chi connectivity index (χ1n) is 11.1. The van der Waals surface area contributed by atoms with Crippen LogP contribution in [0.2, 0.25) is 0 Å². The van der Waals surface area contributed by atoms with Crippen molar-refractivity contribution in [3.05, 3.63) is 76.2 Å². The minimum absolute atomic E-state index is 0.00592. The van der Waals surface area contributed by atoms with Gasteiger partial charge in [0.2, 0.25) is 0 Å². The Kier molecular flexibility index (Phi) is 6.96. The van der Waals surface area contributed by atoms with Crippen molar-refractivity contribution in [2.45, 2.75) is 39.3 Å². The van der Waals surface area contributed by atoms with Crippen LogP contribution in [-0.2, 0) is 28.7 Å². The molecule has 2 heterocycles. The quantitative estimate of drug-likeness (QED) is 0.329. The van der Waals surface area contributed by atoms with Crippen LogP contribution in [0.3, 0.4) is 0 Å². The third kappa shape index (κ3) is 5.17. The molecule has 0 saturated heterocycles. The van der Waals surface area contributed by atoms with Gasteiger partial charge in [-0.2, -0.15) is 13.2 Å². The second-order valence-corrected chi connectivity index (χ2v) is 8.28. The number of ether oxygens (including phenoxy) is 1. The van der Waals surface area contributed by atoms with Gasteiger partial charge >= 0.3 is 12.1 Å². The van der Waals surface area contributed by atoms with Gasteiger partial charge in [0.25, 0.3) is 0 Å². The molecule has 0 saturated carbocycles. The third-order valence-electron chi connectivity index (χ3n) is 5.87. The summed E-state index contributed by atoms with van der Waals surface area (Å²) < 4.78 is 61.3. The lowest BCUT2D eigenvalue weighted by atomic mass is 9.94. The van der Waals surface area contributed by atoms with Crippen molar-refractivity contribution in [1.82, 2.24) is 4.98 Å². The minimum atomic E-state index is -4.63. The number of carbonyl (C=O) groups excluding carboxylic acids is 1. The van der Waals surface area contributed by atoms with Crippen LogP contribution in [0.15, 0.2) is 47.6 Å². The van der Waals surface area contributed by atoms with Gasteiger partial charge in [-0.3, -0.25) is 0 Å². The van der Waals surface area contributed by atoms with Crippen LogP contribution in [0.1, 0.15) is 41.3 Å². The summed E-state index contributed by atoms with van der Waals surface area (Å²) in [5.41, 5.74) is 1.03. The molecule has 0 aliphatic carbocycles. The normalized spacial score (nSPS) is 13.5. The first-order chi connectivity index (χ1) is 17.1. The number of aromatic hydroxyl groups is 1. The van der Waals surface area contributed by atoms with E-state index >= 15 is 4.39 Å². The van der Waals surface area contributed by atoms with Crippen LogP contribution in [0.5, 0.6) is 11.5 Å². The van der Waals surface area contributed by atoms with Crippen LogP contribution in [0.4, 0.5) is 17.6 Å². The molecule has 36 heavy (non-hydrogen) atoms. The molecule has 10 heteroatoms. The van der Waals surface area contributed by atoms with Gasteiger partial charge in [0.05, 0.1) is 12.0 Å². The Morgan fingerprint density at radius 3 is 2.58 bits per heavy atom. The molecular weight excluding hydrogens is 480 g/mol. The third-order valence-corrected chi connectivity index (χ3v) is 5.87. The van der Waals surface area contributed by atoms with E-state index in [2.05, 4.69) is 15.0 Å². The molecule has 1 aromatic heterocycles. The summed E-state index contributed by atoms with van der Waals surface area (Å²) in [6.45, 7) is 3.35. The number of halogens is 4. The van der Waals surface area contributed by atoms with Gasteiger partial charge in [-0.1, -0.05) is 30.3 Å². The summed E-state index contributed by atoms with van der Waals surface area (Å²) in [7, 11) is 0. The van der Waals surface area contributed by atoms with E-state index in [0.29, 0.717) is 29.0 Å². The highest BCUT2D eigenvalue weighted by molar-refractivity contribution is 6.02. The van der Waals surface area contributed by atoms with Gasteiger partial charge in [-0.25, -0.2) is 14.2 Å². The molecule has 6 nitrogen and oxygen atoms in total. The van der Waals surface area contributed by atoms with Gasteiger partial charge in [-0.05, 0) is 54.3 Å². The Labute approximate surface area is 204 Å². The fourth-order valence-electron chi connectivity index (χ4n) is 4.03. The topological polar surface area (TPSA) is 81.0 Å². The molecule has 1 N–H and O–H groups in total. The average molecular weight is 502 g/mol. The molecule has 0 unspecified atom stereocenters. The molecule has 188 valence electrons. The fraction of sp³-hybridized carbons (Fsp3) is 0.269. The lowest BCUT2D eigenvalue weighted by Crippen LogP contribution is -2.13. The molecule has 0 atom stereocenters. The zero-order chi connectivity index (χ0) is 26.0. The number of benzene rings is 2. The van der Waals surface area contributed by atoms with E-state index in [0.717, 1.165) is 11.6 Å². The highest BCUT2D eigenvalue weighted by Gasteiger charge is 2.34. The lowest BCUT2D eigenvalue weighted by Gasteiger charge is -2.17. The molecule has 0 radical (unpaired) electrons. The number of pyridine rings is 1. The maximum Gasteiger partial charge on any atom is 0.417 e. The predicted molar refractivity (Wildman–Crippen MR) is 123 cm³/mol. The maximum absolute atomic E-state index is 15.2. The van der Waals surface area contributed by atoms with Crippen LogP contribution >= 0.6 is 0 Å². The van der Waals surface area contributed by atoms with Crippen molar-refractivity contribution in [3.63, 3.8) is 0 Å². The van der Waals surface area contributed by atoms with Crippen molar-refractivity contribution >= 4 is 11.7 Å². The van der Waals surface area contributed by atoms with Crippen LogP contribution in [0.25, 0.3) is 11.3 Å². The number of hydrogen-bond acceptors (Lipinski definition) is 6. The maximum atomic E-state index is 15.2. The molecule has 0 bridgehead atoms. The van der Waals surface area contributed by atoms with Crippen molar-refractivity contribution in [1.29, 1.82) is 0 Å². The summed E-state index contributed by atoms with van der Waals surface area (Å²) in [5.74, 6) is -1.51. The monoisotopic (exact) mass is 502 g/mol. The molecule has 0 spiro atoms. The highest BCUT2D eigenvalue weighted by Crippen LogP contribution is 2.39. The SMILES string of the molecule is CCc1cc(OCC2=NOC(=O)C2)c(F)c(C)c1Cc1ccc(O)c(-c2ccccc2C(F)(F)F)n1. The summed E-state index contributed by atoms with van der Waals surface area (Å²) in [5, 5.41) is 13.9. The van der Waals surface area contributed by atoms with E-state index in [1.807, 2.05) is 6.92 Å². The van der Waals surface area contributed by atoms with Crippen molar-refractivity contribution in [3.8, 4) is 22.8 Å². The number of alkyl halides is 3. The molecule has 2 aromatic carbocycles. The van der Waals surface area contributed by atoms with E-state index in [1.165, 1.54) is 30.3 Å². The Hall–Kier alpha value is -3.95. The average Bonchev–Trinajstić information content (AvgIpc) is 3.27. The van der Waals surface area contributed by atoms with Crippen molar-refractivity contribution < 1.29 is 37.0 Å². The number of aryl methyl sites for hydroxylation is 1. The first-order valence-corrected chi connectivity index (χ1v) is 11.1. The molecule has 0 fully saturated rings. The van der Waals surface area contributed by atoms with E-state index in [-0.39, 0.29) is 36.5 Å². The molecule has 1 aliphatic heterocycles. The zero-order valence-electron chi connectivity index (χ0n) is 19.4. The largest absolute Gasteiger partial charge is 0.506 e. The number of rotatable bonds is 7. The van der Waals surface area contributed by atoms with Gasteiger partial charge in [0.15, 0.2) is 11.6 Å². The predicted octanol–water partition coefficient (Wildman–Crippen LogP) is 5.76. The molecule has 0 amide bonds. The van der Waals surface area contributed by atoms with E-state index in [1.54, 1.807) is 13.0 Å². The first kappa shape index (κ1) is 25.2. The van der Waals surface area contributed by atoms with Gasteiger partial charge in [0.1, 0.15) is 23.8 Å². The van der Waals surface area contributed by atoms with Crippen molar-refractivity contribution in [2.24, 2.45) is 5.16 Å². The molecule has 4 rings (SSSR count). The molecule has 3 aromatic rings. The van der Waals surface area contributed by atoms with Crippen LogP contribution < -0.4 is 4.74 Å². The number of aromatic nitrogens is 1. The Morgan fingerprint density at radius 1 is 1.17 bits per heavy atom. The van der Waals surface area contributed by atoms with Gasteiger partial charge in [0, 0.05) is 17.7 Å². The Morgan fingerprint density at radius 2 is 1.92 bits per heavy atom. The van der Waals surface area contributed by atoms with E-state index in [9.17, 15) is 23.1 Å². The molecule has 1 aliphatic rings. The van der Waals surface area contributed by atoms with Gasteiger partial charge in [-0.15, -0.1) is 0 Å². The van der Waals surface area contributed by atoms with E-state index in [4.69, 9.17) is 4.74 Å². The van der Waals surface area contributed by atoms with Crippen LogP contribution in [0, 0.1) is 12.7 Å². The highest BCUT2D eigenvalue weighted by atomic mass is 19.4. The fourth-order valence-corrected chi connectivity index (χ4v) is 4.03. The smallest absolute Gasteiger partial charge is 0.417 e. The van der Waals surface area contributed by atoms with Gasteiger partial charge < -0.3 is 14.7 Å². The Bertz CT molecular complexity index is 1350. The summed E-state index contributed by atoms with van der Waals surface area (Å²) in [4.78, 5) is 20.0. The second-order valence-electron chi connectivity index (χ2n) is 8.28. The number of oxime groups is 1. The summed E-state index contributed by atoms with van der Waals surface area (Å²) in [6, 6.07) is 9.20. The standard InChI is InChI=1S/C26H22F4N2O4/c1-3-15-10-22(35-13-17-12-23(34)36-32-17)24(27)14(2)19(15)11-16-8-9-21(33)25(31-16)18-6-4-5-7-20(18)26(28,29)30/h4-10,33H,3,11-13H2,1-2H3. The second kappa shape index (κ2) is 9.96. The summed E-state index contributed by atoms with van der Waals surface area (Å²) in [6.07, 6.45) is -4.00. The summed E-state index contributed by atoms with van der Waals surface area (Å²) >= 11 is 0. The minimum Gasteiger partial charge on any atom is -0.506 e. The van der Waals surface area contributed by atoms with Crippen molar-refractivity contribution in [2.75, 3.05) is 6.61 Å². The van der Waals surface area contributed by atoms with E-state index < -0.39 is 29.3 Å². The van der Waals surface area contributed by atoms with Crippen LogP contribution in [-0.4, -0.2) is 28.4 Å². The lowest BCUT2D eigenvalue weighted by molar-refractivity contribution is -0.140. The zero-order valence-corrected chi connectivity index (χ0v) is 19.4. The number of carbonyl (C=O) groups is 1. The number of hydrogen-bond donors (Lipinski definition) is 1. The molecular formula is C26H22F4N2O4. The number of nitrogens with zero attached hydrogens (tertiary/aromatic N) is 2.